The zero-order valence-electron chi connectivity index (χ0n) is 10.2. The molecule has 0 aromatic carbocycles. The molecule has 0 bridgehead atoms. The number of likely N-dealkylation sites (tertiary alicyclic amines) is 1. The van der Waals surface area contributed by atoms with Crippen molar-refractivity contribution in [3.8, 4) is 0 Å². The summed E-state index contributed by atoms with van der Waals surface area (Å²) in [4.78, 5) is 2.64. The second-order valence-electron chi connectivity index (χ2n) is 6.05. The van der Waals surface area contributed by atoms with E-state index >= 15 is 0 Å². The Morgan fingerprint density at radius 1 is 1.07 bits per heavy atom. The van der Waals surface area contributed by atoms with E-state index in [1.165, 1.54) is 32.4 Å². The van der Waals surface area contributed by atoms with Crippen LogP contribution < -0.4 is 0 Å². The predicted molar refractivity (Wildman–Crippen MR) is 61.3 cm³/mol. The van der Waals surface area contributed by atoms with Crippen molar-refractivity contribution >= 4 is 0 Å². The monoisotopic (exact) mass is 195 g/mol. The van der Waals surface area contributed by atoms with Gasteiger partial charge in [0.2, 0.25) is 0 Å². The Hall–Kier alpha value is -0.0400. The van der Waals surface area contributed by atoms with Gasteiger partial charge in [0.15, 0.2) is 0 Å². The van der Waals surface area contributed by atoms with Gasteiger partial charge in [-0.3, -0.25) is 0 Å². The standard InChI is InChI=1S/C13H25N/c1-10(2)12-9-13(12)5-7-14(8-6-13)11(3)4/h10-12H,5-9H2,1-4H3. The summed E-state index contributed by atoms with van der Waals surface area (Å²) in [5.41, 5.74) is 0.791. The first kappa shape index (κ1) is 10.5. The van der Waals surface area contributed by atoms with Gasteiger partial charge in [0.1, 0.15) is 0 Å². The molecule has 2 rings (SSSR count). The first-order chi connectivity index (χ1) is 6.55. The lowest BCUT2D eigenvalue weighted by Gasteiger charge is -2.36. The summed E-state index contributed by atoms with van der Waals surface area (Å²) >= 11 is 0. The molecule has 1 atom stereocenters. The van der Waals surface area contributed by atoms with Crippen molar-refractivity contribution in [2.24, 2.45) is 17.3 Å². The summed E-state index contributed by atoms with van der Waals surface area (Å²) in [6.45, 7) is 12.1. The van der Waals surface area contributed by atoms with Crippen molar-refractivity contribution < 1.29 is 0 Å². The molecule has 0 N–H and O–H groups in total. The number of piperidine rings is 1. The van der Waals surface area contributed by atoms with Crippen molar-refractivity contribution in [2.75, 3.05) is 13.1 Å². The van der Waals surface area contributed by atoms with E-state index in [-0.39, 0.29) is 0 Å². The molecule has 1 spiro atoms. The minimum absolute atomic E-state index is 0.753. The van der Waals surface area contributed by atoms with E-state index in [0.717, 1.165) is 23.3 Å². The molecule has 0 radical (unpaired) electrons. The summed E-state index contributed by atoms with van der Waals surface area (Å²) in [5.74, 6) is 1.97. The Bertz CT molecular complexity index is 199. The fourth-order valence-corrected chi connectivity index (χ4v) is 3.38. The number of hydrogen-bond acceptors (Lipinski definition) is 1. The van der Waals surface area contributed by atoms with E-state index < -0.39 is 0 Å². The van der Waals surface area contributed by atoms with Crippen molar-refractivity contribution in [2.45, 2.75) is 53.0 Å². The van der Waals surface area contributed by atoms with Gasteiger partial charge in [-0.1, -0.05) is 13.8 Å². The second kappa shape index (κ2) is 3.52. The smallest absolute Gasteiger partial charge is 0.00385 e. The summed E-state index contributed by atoms with van der Waals surface area (Å²) < 4.78 is 0. The molecule has 2 fully saturated rings. The topological polar surface area (TPSA) is 3.24 Å². The van der Waals surface area contributed by atoms with E-state index in [1.54, 1.807) is 0 Å². The SMILES string of the molecule is CC(C)C1CC12CCN(C(C)C)CC2. The van der Waals surface area contributed by atoms with Crippen molar-refractivity contribution in [1.82, 2.24) is 4.90 Å². The molecule has 1 unspecified atom stereocenters. The summed E-state index contributed by atoms with van der Waals surface area (Å²) in [7, 11) is 0. The van der Waals surface area contributed by atoms with Gasteiger partial charge >= 0.3 is 0 Å². The summed E-state index contributed by atoms with van der Waals surface area (Å²) in [6.07, 6.45) is 4.46. The number of nitrogens with zero attached hydrogens (tertiary/aromatic N) is 1. The average molecular weight is 195 g/mol. The van der Waals surface area contributed by atoms with Gasteiger partial charge in [-0.2, -0.15) is 0 Å². The molecule has 1 heteroatoms. The van der Waals surface area contributed by atoms with Crippen LogP contribution in [-0.2, 0) is 0 Å². The highest BCUT2D eigenvalue weighted by Crippen LogP contribution is 2.62. The van der Waals surface area contributed by atoms with E-state index in [0.29, 0.717) is 0 Å². The minimum atomic E-state index is 0.753. The fraction of sp³-hybridized carbons (Fsp3) is 1.00. The molecule has 0 aromatic heterocycles. The summed E-state index contributed by atoms with van der Waals surface area (Å²) in [5, 5.41) is 0. The van der Waals surface area contributed by atoms with Crippen LogP contribution in [0.2, 0.25) is 0 Å². The van der Waals surface area contributed by atoms with E-state index in [2.05, 4.69) is 32.6 Å². The Kier molecular flexibility index (Phi) is 2.63. The van der Waals surface area contributed by atoms with Gasteiger partial charge in [-0.25, -0.2) is 0 Å². The van der Waals surface area contributed by atoms with Gasteiger partial charge in [-0.15, -0.1) is 0 Å². The molecule has 2 aliphatic rings. The third-order valence-corrected chi connectivity index (χ3v) is 4.58. The van der Waals surface area contributed by atoms with Gasteiger partial charge in [0.25, 0.3) is 0 Å². The van der Waals surface area contributed by atoms with Crippen LogP contribution >= 0.6 is 0 Å². The Balaban J connectivity index is 1.86. The molecule has 1 saturated heterocycles. The van der Waals surface area contributed by atoms with E-state index in [4.69, 9.17) is 0 Å². The third-order valence-electron chi connectivity index (χ3n) is 4.58. The minimum Gasteiger partial charge on any atom is -0.301 e. The predicted octanol–water partition coefficient (Wildman–Crippen LogP) is 3.15. The third kappa shape index (κ3) is 1.71. The molecule has 1 saturated carbocycles. The molecule has 0 aromatic rings. The Morgan fingerprint density at radius 3 is 2.00 bits per heavy atom. The van der Waals surface area contributed by atoms with Gasteiger partial charge in [0, 0.05) is 6.04 Å². The van der Waals surface area contributed by atoms with Crippen molar-refractivity contribution in [1.29, 1.82) is 0 Å². The normalized spacial score (nSPS) is 31.7. The first-order valence-electron chi connectivity index (χ1n) is 6.29. The van der Waals surface area contributed by atoms with Gasteiger partial charge in [0.05, 0.1) is 0 Å². The van der Waals surface area contributed by atoms with Crippen LogP contribution in [0.4, 0.5) is 0 Å². The maximum atomic E-state index is 2.64. The second-order valence-corrected chi connectivity index (χ2v) is 6.05. The van der Waals surface area contributed by atoms with Crippen LogP contribution in [0.1, 0.15) is 47.0 Å². The lowest BCUT2D eigenvalue weighted by atomic mass is 9.87. The first-order valence-corrected chi connectivity index (χ1v) is 6.29. The lowest BCUT2D eigenvalue weighted by molar-refractivity contribution is 0.127. The summed E-state index contributed by atoms with van der Waals surface area (Å²) in [6, 6.07) is 0.753. The van der Waals surface area contributed by atoms with Crippen molar-refractivity contribution in [3.63, 3.8) is 0 Å². The fourth-order valence-electron chi connectivity index (χ4n) is 3.38. The lowest BCUT2D eigenvalue weighted by Crippen LogP contribution is -2.39. The molecule has 0 amide bonds. The Morgan fingerprint density at radius 2 is 1.64 bits per heavy atom. The Labute approximate surface area is 88.9 Å². The van der Waals surface area contributed by atoms with Crippen LogP contribution in [-0.4, -0.2) is 24.0 Å². The molecular weight excluding hydrogens is 170 g/mol. The molecule has 1 heterocycles. The van der Waals surface area contributed by atoms with Crippen molar-refractivity contribution in [3.05, 3.63) is 0 Å². The van der Waals surface area contributed by atoms with Gasteiger partial charge < -0.3 is 4.90 Å². The highest BCUT2D eigenvalue weighted by atomic mass is 15.2. The molecule has 1 aliphatic carbocycles. The number of rotatable bonds is 2. The van der Waals surface area contributed by atoms with Crippen LogP contribution in [0.25, 0.3) is 0 Å². The highest BCUT2D eigenvalue weighted by molar-refractivity contribution is 5.05. The van der Waals surface area contributed by atoms with Crippen LogP contribution in [0.3, 0.4) is 0 Å². The van der Waals surface area contributed by atoms with Crippen LogP contribution in [0.5, 0.6) is 0 Å². The largest absolute Gasteiger partial charge is 0.301 e. The maximum absolute atomic E-state index is 2.64. The average Bonchev–Trinajstić information content (AvgIpc) is 2.80. The molecule has 1 aliphatic heterocycles. The molecule has 14 heavy (non-hydrogen) atoms. The van der Waals surface area contributed by atoms with Gasteiger partial charge in [-0.05, 0) is 63.5 Å². The quantitative estimate of drug-likeness (QED) is 0.654. The zero-order valence-corrected chi connectivity index (χ0v) is 10.2. The van der Waals surface area contributed by atoms with E-state index in [9.17, 15) is 0 Å². The molecular formula is C13H25N. The number of hydrogen-bond donors (Lipinski definition) is 0. The maximum Gasteiger partial charge on any atom is 0.00385 e. The van der Waals surface area contributed by atoms with E-state index in [1.807, 2.05) is 0 Å². The van der Waals surface area contributed by atoms with Crippen LogP contribution in [0, 0.1) is 17.3 Å². The molecule has 1 nitrogen and oxygen atoms in total. The highest BCUT2D eigenvalue weighted by Gasteiger charge is 2.55. The molecule has 82 valence electrons. The van der Waals surface area contributed by atoms with Crippen LogP contribution in [0.15, 0.2) is 0 Å². The zero-order chi connectivity index (χ0) is 10.3.